The summed E-state index contributed by atoms with van der Waals surface area (Å²) in [5, 5.41) is 5.94. The van der Waals surface area contributed by atoms with E-state index in [1.54, 1.807) is 11.0 Å². The molecule has 0 spiro atoms. The lowest BCUT2D eigenvalue weighted by Crippen LogP contribution is -2.45. The normalized spacial score (nSPS) is 16.6. The number of morpholine rings is 1. The number of carbonyl (C=O) groups is 2. The van der Waals surface area contributed by atoms with E-state index in [0.29, 0.717) is 31.9 Å². The molecule has 1 fully saturated rings. The van der Waals surface area contributed by atoms with Crippen molar-refractivity contribution >= 4 is 24.2 Å². The molecule has 2 N–H and O–H groups in total. The summed E-state index contributed by atoms with van der Waals surface area (Å²) in [5.41, 5.74) is 2.99. The third-order valence-corrected chi connectivity index (χ3v) is 3.86. The van der Waals surface area contributed by atoms with Crippen molar-refractivity contribution in [2.75, 3.05) is 32.8 Å². The van der Waals surface area contributed by atoms with Gasteiger partial charge in [0.05, 0.1) is 19.8 Å². The number of benzene rings is 1. The molecule has 120 valence electrons. The third-order valence-electron chi connectivity index (χ3n) is 3.86. The lowest BCUT2D eigenvalue weighted by Gasteiger charge is -2.26. The minimum Gasteiger partial charge on any atom is -0.378 e. The number of amides is 2. The zero-order chi connectivity index (χ0) is 14.7. The van der Waals surface area contributed by atoms with Crippen molar-refractivity contribution in [1.29, 1.82) is 0 Å². The average molecular weight is 326 g/mol. The number of nitrogens with one attached hydrogen (secondary N) is 2. The minimum atomic E-state index is -0.202. The zero-order valence-electron chi connectivity index (χ0n) is 12.3. The summed E-state index contributed by atoms with van der Waals surface area (Å²) in [4.78, 5) is 25.8. The number of rotatable bonds is 3. The van der Waals surface area contributed by atoms with Crippen LogP contribution >= 0.6 is 12.4 Å². The molecular formula is C15H20ClN3O3. The average Bonchev–Trinajstić information content (AvgIpc) is 3.00. The Kier molecular flexibility index (Phi) is 5.76. The van der Waals surface area contributed by atoms with E-state index in [4.69, 9.17) is 4.74 Å². The summed E-state index contributed by atoms with van der Waals surface area (Å²) >= 11 is 0. The van der Waals surface area contributed by atoms with Gasteiger partial charge < -0.3 is 20.3 Å². The van der Waals surface area contributed by atoms with Gasteiger partial charge in [-0.05, 0) is 23.3 Å². The molecular weight excluding hydrogens is 306 g/mol. The van der Waals surface area contributed by atoms with Crippen LogP contribution in [0.2, 0.25) is 0 Å². The largest absolute Gasteiger partial charge is 0.378 e. The predicted octanol–water partition coefficient (Wildman–Crippen LogP) is 0.300. The van der Waals surface area contributed by atoms with Crippen LogP contribution in [0.25, 0.3) is 0 Å². The first kappa shape index (κ1) is 16.7. The molecule has 7 heteroatoms. The van der Waals surface area contributed by atoms with Gasteiger partial charge in [-0.3, -0.25) is 9.59 Å². The molecule has 2 heterocycles. The van der Waals surface area contributed by atoms with Gasteiger partial charge in [0.2, 0.25) is 5.91 Å². The molecule has 0 aliphatic carbocycles. The first-order valence-electron chi connectivity index (χ1n) is 7.20. The van der Waals surface area contributed by atoms with Gasteiger partial charge in [-0.2, -0.15) is 0 Å². The van der Waals surface area contributed by atoms with Crippen molar-refractivity contribution in [3.05, 3.63) is 34.9 Å². The van der Waals surface area contributed by atoms with Crippen molar-refractivity contribution < 1.29 is 14.3 Å². The standard InChI is InChI=1S/C15H19N3O3.ClH/c19-14(18-3-5-21-6-4-18)10-17-15(20)11-1-2-12-8-16-9-13(12)7-11;/h1-2,7,16H,3-6,8-10H2,(H,17,20);1H. The van der Waals surface area contributed by atoms with Crippen LogP contribution < -0.4 is 10.6 Å². The van der Waals surface area contributed by atoms with Crippen LogP contribution in [0.4, 0.5) is 0 Å². The highest BCUT2D eigenvalue weighted by atomic mass is 35.5. The van der Waals surface area contributed by atoms with E-state index in [-0.39, 0.29) is 30.8 Å². The fourth-order valence-electron chi connectivity index (χ4n) is 2.62. The van der Waals surface area contributed by atoms with Gasteiger partial charge in [0, 0.05) is 31.7 Å². The van der Waals surface area contributed by atoms with Crippen LogP contribution in [-0.2, 0) is 22.6 Å². The van der Waals surface area contributed by atoms with Crippen LogP contribution in [0.15, 0.2) is 18.2 Å². The Morgan fingerprint density at radius 2 is 1.91 bits per heavy atom. The van der Waals surface area contributed by atoms with E-state index in [2.05, 4.69) is 10.6 Å². The fraction of sp³-hybridized carbons (Fsp3) is 0.467. The van der Waals surface area contributed by atoms with E-state index < -0.39 is 0 Å². The second-order valence-electron chi connectivity index (χ2n) is 5.26. The summed E-state index contributed by atoms with van der Waals surface area (Å²) in [5.74, 6) is -0.263. The first-order valence-corrected chi connectivity index (χ1v) is 7.20. The molecule has 2 aliphatic rings. The van der Waals surface area contributed by atoms with E-state index in [1.807, 2.05) is 12.1 Å². The molecule has 0 unspecified atom stereocenters. The first-order chi connectivity index (χ1) is 10.2. The summed E-state index contributed by atoms with van der Waals surface area (Å²) in [7, 11) is 0. The van der Waals surface area contributed by atoms with Crippen molar-refractivity contribution in [3.8, 4) is 0 Å². The quantitative estimate of drug-likeness (QED) is 0.838. The summed E-state index contributed by atoms with van der Waals surface area (Å²) < 4.78 is 5.20. The Bertz CT molecular complexity index is 559. The number of fused-ring (bicyclic) bond motifs is 1. The molecule has 1 aromatic carbocycles. The van der Waals surface area contributed by atoms with E-state index in [0.717, 1.165) is 18.7 Å². The monoisotopic (exact) mass is 325 g/mol. The zero-order valence-corrected chi connectivity index (χ0v) is 13.1. The number of hydrogen-bond donors (Lipinski definition) is 2. The number of halogens is 1. The molecule has 0 aromatic heterocycles. The molecule has 3 rings (SSSR count). The van der Waals surface area contributed by atoms with Gasteiger partial charge in [-0.1, -0.05) is 6.07 Å². The summed E-state index contributed by atoms with van der Waals surface area (Å²) in [6.45, 7) is 4.01. The lowest BCUT2D eigenvalue weighted by molar-refractivity contribution is -0.134. The van der Waals surface area contributed by atoms with Gasteiger partial charge in [0.1, 0.15) is 0 Å². The molecule has 22 heavy (non-hydrogen) atoms. The summed E-state index contributed by atoms with van der Waals surface area (Å²) in [6.07, 6.45) is 0. The van der Waals surface area contributed by atoms with Gasteiger partial charge >= 0.3 is 0 Å². The Hall–Kier alpha value is -1.63. The number of carbonyl (C=O) groups excluding carboxylic acids is 2. The lowest BCUT2D eigenvalue weighted by atomic mass is 10.1. The highest BCUT2D eigenvalue weighted by molar-refractivity contribution is 5.96. The molecule has 0 saturated carbocycles. The molecule has 0 bridgehead atoms. The van der Waals surface area contributed by atoms with Crippen LogP contribution in [0.1, 0.15) is 21.5 Å². The van der Waals surface area contributed by atoms with Crippen LogP contribution in [-0.4, -0.2) is 49.6 Å². The number of nitrogens with zero attached hydrogens (tertiary/aromatic N) is 1. The van der Waals surface area contributed by atoms with Gasteiger partial charge in [0.25, 0.3) is 5.91 Å². The van der Waals surface area contributed by atoms with Gasteiger partial charge in [0.15, 0.2) is 0 Å². The van der Waals surface area contributed by atoms with Gasteiger partial charge in [-0.15, -0.1) is 12.4 Å². The van der Waals surface area contributed by atoms with Crippen molar-refractivity contribution in [2.45, 2.75) is 13.1 Å². The second kappa shape index (κ2) is 7.58. The Morgan fingerprint density at radius 3 is 2.68 bits per heavy atom. The summed E-state index contributed by atoms with van der Waals surface area (Å²) in [6, 6.07) is 5.66. The van der Waals surface area contributed by atoms with E-state index >= 15 is 0 Å². The molecule has 1 saturated heterocycles. The van der Waals surface area contributed by atoms with Gasteiger partial charge in [-0.25, -0.2) is 0 Å². The molecule has 2 amide bonds. The molecule has 1 aromatic rings. The van der Waals surface area contributed by atoms with Crippen LogP contribution in [0.3, 0.4) is 0 Å². The Morgan fingerprint density at radius 1 is 1.18 bits per heavy atom. The predicted molar refractivity (Wildman–Crippen MR) is 84.0 cm³/mol. The number of hydrogen-bond acceptors (Lipinski definition) is 4. The SMILES string of the molecule is Cl.O=C(NCC(=O)N1CCOCC1)c1ccc2c(c1)CNC2. The van der Waals surface area contributed by atoms with E-state index in [1.165, 1.54) is 5.56 Å². The molecule has 0 atom stereocenters. The maximum absolute atomic E-state index is 12.1. The minimum absolute atomic E-state index is 0. The van der Waals surface area contributed by atoms with Crippen molar-refractivity contribution in [2.24, 2.45) is 0 Å². The fourth-order valence-corrected chi connectivity index (χ4v) is 2.62. The highest BCUT2D eigenvalue weighted by Gasteiger charge is 2.18. The Labute approximate surface area is 135 Å². The third kappa shape index (κ3) is 3.76. The van der Waals surface area contributed by atoms with Crippen molar-refractivity contribution in [3.63, 3.8) is 0 Å². The maximum atomic E-state index is 12.1. The maximum Gasteiger partial charge on any atom is 0.251 e. The second-order valence-corrected chi connectivity index (χ2v) is 5.26. The smallest absolute Gasteiger partial charge is 0.251 e. The highest BCUT2D eigenvalue weighted by Crippen LogP contribution is 2.16. The molecule has 6 nitrogen and oxygen atoms in total. The van der Waals surface area contributed by atoms with Crippen LogP contribution in [0, 0.1) is 0 Å². The molecule has 2 aliphatic heterocycles. The van der Waals surface area contributed by atoms with E-state index in [9.17, 15) is 9.59 Å². The Balaban J connectivity index is 0.00000176. The van der Waals surface area contributed by atoms with Crippen LogP contribution in [0.5, 0.6) is 0 Å². The number of ether oxygens (including phenoxy) is 1. The molecule has 0 radical (unpaired) electrons. The van der Waals surface area contributed by atoms with Crippen molar-refractivity contribution in [1.82, 2.24) is 15.5 Å². The topological polar surface area (TPSA) is 70.7 Å².